The van der Waals surface area contributed by atoms with Crippen LogP contribution in [0, 0.1) is 0 Å². The SMILES string of the molecule is CCCCNC(=O)/C(=C/c1ccc(OC)c(OC)c1)NC(=O)c1ccccc1. The number of carbonyl (C=O) groups is 2. The van der Waals surface area contributed by atoms with Gasteiger partial charge in [-0.05, 0) is 42.3 Å². The van der Waals surface area contributed by atoms with Gasteiger partial charge in [-0.2, -0.15) is 0 Å². The molecule has 6 heteroatoms. The van der Waals surface area contributed by atoms with Crippen LogP contribution in [0.5, 0.6) is 11.5 Å². The number of unbranched alkanes of at least 4 members (excludes halogenated alkanes) is 1. The number of amides is 2. The minimum Gasteiger partial charge on any atom is -0.493 e. The molecule has 0 saturated heterocycles. The lowest BCUT2D eigenvalue weighted by Gasteiger charge is -2.12. The van der Waals surface area contributed by atoms with Gasteiger partial charge in [0.2, 0.25) is 0 Å². The zero-order valence-electron chi connectivity index (χ0n) is 16.5. The van der Waals surface area contributed by atoms with Crippen molar-refractivity contribution in [2.24, 2.45) is 0 Å². The molecule has 6 nitrogen and oxygen atoms in total. The molecule has 0 aliphatic rings. The van der Waals surface area contributed by atoms with E-state index in [9.17, 15) is 9.59 Å². The van der Waals surface area contributed by atoms with Crippen molar-refractivity contribution in [3.8, 4) is 11.5 Å². The number of hydrogen-bond donors (Lipinski definition) is 2. The largest absolute Gasteiger partial charge is 0.493 e. The Labute approximate surface area is 165 Å². The Morgan fingerprint density at radius 2 is 1.71 bits per heavy atom. The molecule has 2 N–H and O–H groups in total. The molecule has 2 amide bonds. The maximum Gasteiger partial charge on any atom is 0.267 e. The molecule has 0 radical (unpaired) electrons. The van der Waals surface area contributed by atoms with E-state index in [2.05, 4.69) is 10.6 Å². The fourth-order valence-corrected chi connectivity index (χ4v) is 2.53. The molecule has 0 unspecified atom stereocenters. The van der Waals surface area contributed by atoms with Crippen LogP contribution in [0.3, 0.4) is 0 Å². The first kappa shape index (κ1) is 21.0. The molecule has 2 aromatic carbocycles. The molecule has 0 saturated carbocycles. The molecule has 0 spiro atoms. The van der Waals surface area contributed by atoms with Crippen molar-refractivity contribution in [1.29, 1.82) is 0 Å². The van der Waals surface area contributed by atoms with Gasteiger partial charge in [-0.3, -0.25) is 9.59 Å². The summed E-state index contributed by atoms with van der Waals surface area (Å²) in [5.74, 6) is 0.434. The molecule has 0 fully saturated rings. The summed E-state index contributed by atoms with van der Waals surface area (Å²) in [5.41, 5.74) is 1.34. The van der Waals surface area contributed by atoms with Gasteiger partial charge >= 0.3 is 0 Å². The molecule has 28 heavy (non-hydrogen) atoms. The zero-order chi connectivity index (χ0) is 20.4. The maximum absolute atomic E-state index is 12.6. The smallest absolute Gasteiger partial charge is 0.267 e. The van der Waals surface area contributed by atoms with Gasteiger partial charge in [0.25, 0.3) is 11.8 Å². The molecule has 2 rings (SSSR count). The molecular formula is C22H26N2O4. The summed E-state index contributed by atoms with van der Waals surface area (Å²) >= 11 is 0. The van der Waals surface area contributed by atoms with Gasteiger partial charge in [0.1, 0.15) is 5.70 Å². The van der Waals surface area contributed by atoms with E-state index in [1.807, 2.05) is 13.0 Å². The van der Waals surface area contributed by atoms with Crippen LogP contribution in [0.2, 0.25) is 0 Å². The number of rotatable bonds is 9. The molecule has 148 valence electrons. The van der Waals surface area contributed by atoms with E-state index in [-0.39, 0.29) is 17.5 Å². The van der Waals surface area contributed by atoms with Crippen LogP contribution in [0.25, 0.3) is 6.08 Å². The third kappa shape index (κ3) is 5.87. The van der Waals surface area contributed by atoms with Crippen LogP contribution in [-0.4, -0.2) is 32.6 Å². The average molecular weight is 382 g/mol. The Morgan fingerprint density at radius 1 is 1.00 bits per heavy atom. The Kier molecular flexibility index (Phi) is 8.09. The van der Waals surface area contributed by atoms with Gasteiger partial charge in [0.15, 0.2) is 11.5 Å². The summed E-state index contributed by atoms with van der Waals surface area (Å²) in [6, 6.07) is 14.0. The number of methoxy groups -OCH3 is 2. The second kappa shape index (κ2) is 10.8. The minimum atomic E-state index is -0.349. The number of ether oxygens (including phenoxy) is 2. The first-order valence-corrected chi connectivity index (χ1v) is 9.17. The average Bonchev–Trinajstić information content (AvgIpc) is 2.73. The second-order valence-corrected chi connectivity index (χ2v) is 6.10. The Balaban J connectivity index is 2.30. The van der Waals surface area contributed by atoms with Crippen LogP contribution in [0.1, 0.15) is 35.7 Å². The predicted octanol–water partition coefficient (Wildman–Crippen LogP) is 3.39. The summed E-state index contributed by atoms with van der Waals surface area (Å²) in [6.07, 6.45) is 3.44. The quantitative estimate of drug-likeness (QED) is 0.515. The van der Waals surface area contributed by atoms with Gasteiger partial charge < -0.3 is 20.1 Å². The lowest BCUT2D eigenvalue weighted by Crippen LogP contribution is -2.35. The van der Waals surface area contributed by atoms with Gasteiger partial charge in [0, 0.05) is 12.1 Å². The first-order chi connectivity index (χ1) is 13.6. The van der Waals surface area contributed by atoms with Crippen molar-refractivity contribution in [2.75, 3.05) is 20.8 Å². The molecule has 0 aliphatic heterocycles. The van der Waals surface area contributed by atoms with E-state index in [1.165, 1.54) is 0 Å². The van der Waals surface area contributed by atoms with E-state index in [0.717, 1.165) is 12.8 Å². The summed E-state index contributed by atoms with van der Waals surface area (Å²) in [7, 11) is 3.10. The number of hydrogen-bond acceptors (Lipinski definition) is 4. The highest BCUT2D eigenvalue weighted by Crippen LogP contribution is 2.28. The lowest BCUT2D eigenvalue weighted by atomic mass is 10.1. The standard InChI is InChI=1S/C22H26N2O4/c1-4-5-13-23-22(26)18(24-21(25)17-9-7-6-8-10-17)14-16-11-12-19(27-2)20(15-16)28-3/h6-12,14-15H,4-5,13H2,1-3H3,(H,23,26)(H,24,25)/b18-14-. The third-order valence-electron chi connectivity index (χ3n) is 4.06. The van der Waals surface area contributed by atoms with Gasteiger partial charge in [-0.1, -0.05) is 37.6 Å². The van der Waals surface area contributed by atoms with Gasteiger partial charge in [0.05, 0.1) is 14.2 Å². The van der Waals surface area contributed by atoms with E-state index in [0.29, 0.717) is 29.2 Å². The third-order valence-corrected chi connectivity index (χ3v) is 4.06. The number of benzene rings is 2. The minimum absolute atomic E-state index is 0.164. The van der Waals surface area contributed by atoms with Crippen molar-refractivity contribution < 1.29 is 19.1 Å². The maximum atomic E-state index is 12.6. The van der Waals surface area contributed by atoms with Crippen LogP contribution in [0.15, 0.2) is 54.2 Å². The van der Waals surface area contributed by atoms with Crippen LogP contribution < -0.4 is 20.1 Å². The van der Waals surface area contributed by atoms with Crippen molar-refractivity contribution in [1.82, 2.24) is 10.6 Å². The zero-order valence-corrected chi connectivity index (χ0v) is 16.5. The van der Waals surface area contributed by atoms with E-state index in [1.54, 1.807) is 62.8 Å². The summed E-state index contributed by atoms with van der Waals surface area (Å²) < 4.78 is 10.5. The van der Waals surface area contributed by atoms with Crippen molar-refractivity contribution >= 4 is 17.9 Å². The molecule has 0 aromatic heterocycles. The Bertz CT molecular complexity index is 832. The lowest BCUT2D eigenvalue weighted by molar-refractivity contribution is -0.117. The number of carbonyl (C=O) groups excluding carboxylic acids is 2. The van der Waals surface area contributed by atoms with E-state index in [4.69, 9.17) is 9.47 Å². The van der Waals surface area contributed by atoms with Gasteiger partial charge in [-0.15, -0.1) is 0 Å². The fraction of sp³-hybridized carbons (Fsp3) is 0.273. The molecule has 0 atom stereocenters. The molecule has 2 aromatic rings. The highest BCUT2D eigenvalue weighted by Gasteiger charge is 2.15. The van der Waals surface area contributed by atoms with E-state index >= 15 is 0 Å². The molecular weight excluding hydrogens is 356 g/mol. The summed E-state index contributed by atoms with van der Waals surface area (Å²) in [4.78, 5) is 25.1. The van der Waals surface area contributed by atoms with Crippen LogP contribution in [-0.2, 0) is 4.79 Å². The molecule has 0 bridgehead atoms. The van der Waals surface area contributed by atoms with Crippen molar-refractivity contribution in [2.45, 2.75) is 19.8 Å². The highest BCUT2D eigenvalue weighted by molar-refractivity contribution is 6.05. The molecule has 0 aliphatic carbocycles. The first-order valence-electron chi connectivity index (χ1n) is 9.17. The topological polar surface area (TPSA) is 76.7 Å². The van der Waals surface area contributed by atoms with Crippen LogP contribution >= 0.6 is 0 Å². The van der Waals surface area contributed by atoms with Crippen LogP contribution in [0.4, 0.5) is 0 Å². The Morgan fingerprint density at radius 3 is 2.36 bits per heavy atom. The second-order valence-electron chi connectivity index (χ2n) is 6.10. The summed E-state index contributed by atoms with van der Waals surface area (Å²) in [6.45, 7) is 2.59. The summed E-state index contributed by atoms with van der Waals surface area (Å²) in [5, 5.41) is 5.55. The van der Waals surface area contributed by atoms with Gasteiger partial charge in [-0.25, -0.2) is 0 Å². The van der Waals surface area contributed by atoms with E-state index < -0.39 is 0 Å². The monoisotopic (exact) mass is 382 g/mol. The van der Waals surface area contributed by atoms with Crippen molar-refractivity contribution in [3.05, 3.63) is 65.4 Å². The number of nitrogens with one attached hydrogen (secondary N) is 2. The fourth-order valence-electron chi connectivity index (χ4n) is 2.53. The molecule has 0 heterocycles. The Hall–Kier alpha value is -3.28. The predicted molar refractivity (Wildman–Crippen MR) is 109 cm³/mol. The normalized spacial score (nSPS) is 10.9. The highest BCUT2D eigenvalue weighted by atomic mass is 16.5. The van der Waals surface area contributed by atoms with Crippen molar-refractivity contribution in [3.63, 3.8) is 0 Å².